The van der Waals surface area contributed by atoms with Gasteiger partial charge in [-0.1, -0.05) is 13.3 Å². The minimum absolute atomic E-state index is 0. The molecule has 0 fully saturated rings. The maximum atomic E-state index is 11.5. The van der Waals surface area contributed by atoms with E-state index in [9.17, 15) is 4.39 Å². The molecule has 8 N–H and O–H groups in total. The lowest BCUT2D eigenvalue weighted by Gasteiger charge is -1.92. The first-order valence-corrected chi connectivity index (χ1v) is 2.17. The Balaban J connectivity index is -0.0000000417. The van der Waals surface area contributed by atoms with E-state index in [0.29, 0.717) is 6.42 Å². The van der Waals surface area contributed by atoms with E-state index in [0.717, 1.165) is 6.42 Å². The fraction of sp³-hybridized carbons (Fsp3) is 1.00. The van der Waals surface area contributed by atoms with Crippen LogP contribution in [0.3, 0.4) is 0 Å². The van der Waals surface area contributed by atoms with Crippen molar-refractivity contribution >= 4 is 0 Å². The van der Waals surface area contributed by atoms with Crippen LogP contribution in [0, 0.1) is 0 Å². The van der Waals surface area contributed by atoms with E-state index in [2.05, 4.69) is 0 Å². The maximum absolute atomic E-state index is 11.5. The van der Waals surface area contributed by atoms with Crippen molar-refractivity contribution in [1.82, 2.24) is 0 Å². The molecule has 0 spiro atoms. The van der Waals surface area contributed by atoms with Crippen LogP contribution in [0.15, 0.2) is 0 Å². The fourth-order valence-electron chi connectivity index (χ4n) is 0.276. The second-order valence-electron chi connectivity index (χ2n) is 1.30. The van der Waals surface area contributed by atoms with Gasteiger partial charge < -0.3 is 22.2 Å². The topological polar surface area (TPSA) is 121 Å². The highest BCUT2D eigenvalue weighted by Crippen LogP contribution is 1.90. The van der Waals surface area contributed by atoms with Gasteiger partial charge in [-0.3, -0.25) is 0 Å². The van der Waals surface area contributed by atoms with Crippen LogP contribution in [0.25, 0.3) is 0 Å². The van der Waals surface area contributed by atoms with Gasteiger partial charge >= 0.3 is 0 Å². The van der Waals surface area contributed by atoms with Gasteiger partial charge in [-0.15, -0.1) is 0 Å². The summed E-state index contributed by atoms with van der Waals surface area (Å²) in [4.78, 5) is 0. The third kappa shape index (κ3) is 33.7. The second kappa shape index (κ2) is 15.7. The average molecular weight is 145 g/mol. The normalized spacial score (nSPS) is 9.67. The van der Waals surface area contributed by atoms with E-state index in [1.165, 1.54) is 0 Å². The molecule has 0 aliphatic rings. The van der Waals surface area contributed by atoms with E-state index in [1.54, 1.807) is 0 Å². The van der Waals surface area contributed by atoms with E-state index in [1.807, 2.05) is 6.92 Å². The maximum Gasteiger partial charge on any atom is 0.148 e. The highest BCUT2D eigenvalue weighted by Gasteiger charge is 1.90. The smallest absolute Gasteiger partial charge is 0.148 e. The van der Waals surface area contributed by atoms with Crippen molar-refractivity contribution in [1.29, 1.82) is 0 Å². The van der Waals surface area contributed by atoms with E-state index in [-0.39, 0.29) is 16.4 Å². The second-order valence-corrected chi connectivity index (χ2v) is 1.30. The fourth-order valence-corrected chi connectivity index (χ4v) is 0.276. The number of alkyl halides is 1. The molecular weight excluding hydrogens is 129 g/mol. The molecule has 0 aromatic heterocycles. The quantitative estimate of drug-likeness (QED) is 0.470. The highest BCUT2D eigenvalue weighted by atomic mass is 19.1. The summed E-state index contributed by atoms with van der Waals surface area (Å²) < 4.78 is 11.5. The Morgan fingerprint density at radius 2 is 1.67 bits per heavy atom. The molecule has 0 saturated heterocycles. The predicted octanol–water partition coefficient (Wildman–Crippen LogP) is -1.43. The van der Waals surface area contributed by atoms with Gasteiger partial charge in [-0.2, -0.15) is 0 Å². The summed E-state index contributed by atoms with van der Waals surface area (Å²) in [6.07, 6.45) is 0.215. The molecule has 1 atom stereocenters. The zero-order chi connectivity index (χ0) is 4.99. The van der Waals surface area contributed by atoms with Crippen molar-refractivity contribution in [3.63, 3.8) is 0 Å². The number of hydrogen-bond acceptors (Lipinski definition) is 1. The zero-order valence-corrected chi connectivity index (χ0v) is 5.45. The lowest BCUT2D eigenvalue weighted by atomic mass is 10.3. The van der Waals surface area contributed by atoms with Gasteiger partial charge in [0.15, 0.2) is 0 Å². The van der Waals surface area contributed by atoms with Crippen LogP contribution in [0.1, 0.15) is 19.8 Å². The summed E-state index contributed by atoms with van der Waals surface area (Å²) in [5, 5.41) is 0. The Bertz CT molecular complexity index is 37.0. The van der Waals surface area contributed by atoms with Crippen LogP contribution >= 0.6 is 0 Å². The van der Waals surface area contributed by atoms with Crippen molar-refractivity contribution in [2.45, 2.75) is 26.1 Å². The monoisotopic (exact) mass is 145 g/mol. The lowest BCUT2D eigenvalue weighted by molar-refractivity contribution is 0.322. The third-order valence-corrected chi connectivity index (χ3v) is 0.564. The summed E-state index contributed by atoms with van der Waals surface area (Å²) in [5.41, 5.74) is 4.74. The highest BCUT2D eigenvalue weighted by molar-refractivity contribution is 4.39. The van der Waals surface area contributed by atoms with Crippen LogP contribution in [0.2, 0.25) is 0 Å². The van der Waals surface area contributed by atoms with E-state index in [4.69, 9.17) is 5.73 Å². The Hall–Kier alpha value is -0.230. The van der Waals surface area contributed by atoms with Gasteiger partial charge in [0.1, 0.15) is 6.30 Å². The Kier molecular flexibility index (Phi) is 40.5. The molecule has 0 radical (unpaired) electrons. The number of nitrogens with two attached hydrogens (primary N) is 1. The van der Waals surface area contributed by atoms with Gasteiger partial charge in [0, 0.05) is 0 Å². The SMILES string of the molecule is CCCC(N)F.O.O.O. The first-order valence-electron chi connectivity index (χ1n) is 2.17. The number of hydrogen-bond donors (Lipinski definition) is 1. The van der Waals surface area contributed by atoms with E-state index < -0.39 is 6.30 Å². The zero-order valence-electron chi connectivity index (χ0n) is 5.45. The molecular formula is C4H16FNO3. The first-order chi connectivity index (χ1) is 2.77. The summed E-state index contributed by atoms with van der Waals surface area (Å²) in [7, 11) is 0. The largest absolute Gasteiger partial charge is 0.412 e. The molecule has 0 aliphatic heterocycles. The van der Waals surface area contributed by atoms with Gasteiger partial charge in [0.25, 0.3) is 0 Å². The standard InChI is InChI=1S/C4H10FN.3H2O/c1-2-3-4(5)6;;;/h4H,2-3,6H2,1H3;3*1H2. The van der Waals surface area contributed by atoms with Crippen LogP contribution in [-0.4, -0.2) is 22.7 Å². The van der Waals surface area contributed by atoms with Crippen molar-refractivity contribution in [2.75, 3.05) is 0 Å². The van der Waals surface area contributed by atoms with Crippen LogP contribution in [0.5, 0.6) is 0 Å². The van der Waals surface area contributed by atoms with Gasteiger partial charge in [-0.05, 0) is 6.42 Å². The van der Waals surface area contributed by atoms with Crippen molar-refractivity contribution in [3.8, 4) is 0 Å². The first kappa shape index (κ1) is 23.3. The molecule has 62 valence electrons. The molecule has 9 heavy (non-hydrogen) atoms. The average Bonchev–Trinajstić information content (AvgIpc) is 1.35. The number of rotatable bonds is 2. The molecule has 0 amide bonds. The van der Waals surface area contributed by atoms with Crippen LogP contribution in [0.4, 0.5) is 4.39 Å². The van der Waals surface area contributed by atoms with Crippen LogP contribution < -0.4 is 5.73 Å². The molecule has 1 unspecified atom stereocenters. The van der Waals surface area contributed by atoms with Crippen molar-refractivity contribution < 1.29 is 20.8 Å². The minimum atomic E-state index is -1.10. The Morgan fingerprint density at radius 1 is 1.33 bits per heavy atom. The molecule has 0 heterocycles. The van der Waals surface area contributed by atoms with Gasteiger partial charge in [0.2, 0.25) is 0 Å². The molecule has 0 aromatic carbocycles. The molecule has 0 bridgehead atoms. The van der Waals surface area contributed by atoms with Crippen molar-refractivity contribution in [3.05, 3.63) is 0 Å². The molecule has 4 nitrogen and oxygen atoms in total. The summed E-state index contributed by atoms with van der Waals surface area (Å²) in [6.45, 7) is 1.90. The number of halogens is 1. The summed E-state index contributed by atoms with van der Waals surface area (Å²) in [6, 6.07) is 0. The lowest BCUT2D eigenvalue weighted by Crippen LogP contribution is -2.11. The predicted molar refractivity (Wildman–Crippen MR) is 34.8 cm³/mol. The summed E-state index contributed by atoms with van der Waals surface area (Å²) >= 11 is 0. The van der Waals surface area contributed by atoms with Crippen molar-refractivity contribution in [2.24, 2.45) is 5.73 Å². The van der Waals surface area contributed by atoms with E-state index >= 15 is 0 Å². The molecule has 0 saturated carbocycles. The molecule has 0 aromatic rings. The summed E-state index contributed by atoms with van der Waals surface area (Å²) in [5.74, 6) is 0. The minimum Gasteiger partial charge on any atom is -0.412 e. The molecule has 5 heteroatoms. The Labute approximate surface area is 53.8 Å². The molecule has 0 aliphatic carbocycles. The Morgan fingerprint density at radius 3 is 1.67 bits per heavy atom. The molecule has 0 rings (SSSR count). The third-order valence-electron chi connectivity index (χ3n) is 0.564. The van der Waals surface area contributed by atoms with Gasteiger partial charge in [-0.25, -0.2) is 4.39 Å². The van der Waals surface area contributed by atoms with Crippen LogP contribution in [-0.2, 0) is 0 Å². The van der Waals surface area contributed by atoms with Gasteiger partial charge in [0.05, 0.1) is 0 Å².